The van der Waals surface area contributed by atoms with Crippen molar-refractivity contribution in [2.75, 3.05) is 13.1 Å². The molecule has 2 rings (SSSR count). The Bertz CT molecular complexity index is 439. The predicted molar refractivity (Wildman–Crippen MR) is 56.0 cm³/mol. The normalized spacial score (nSPS) is 15.8. The van der Waals surface area contributed by atoms with Gasteiger partial charge in [0.05, 0.1) is 0 Å². The molecule has 0 saturated heterocycles. The molecule has 1 aromatic heterocycles. The molecule has 0 radical (unpaired) electrons. The lowest BCUT2D eigenvalue weighted by Gasteiger charge is -2.20. The van der Waals surface area contributed by atoms with Gasteiger partial charge < -0.3 is 4.90 Å². The van der Waals surface area contributed by atoms with Crippen LogP contribution in [0.2, 0.25) is 0 Å². The van der Waals surface area contributed by atoms with Gasteiger partial charge in [0.25, 0.3) is 5.91 Å². The highest BCUT2D eigenvalue weighted by Crippen LogP contribution is 2.37. The first-order valence-corrected chi connectivity index (χ1v) is 5.69. The first-order valence-electron chi connectivity index (χ1n) is 5.69. The van der Waals surface area contributed by atoms with E-state index in [0.717, 1.165) is 12.8 Å². The van der Waals surface area contributed by atoms with Crippen molar-refractivity contribution in [2.24, 2.45) is 0 Å². The van der Waals surface area contributed by atoms with E-state index in [0.29, 0.717) is 10.7 Å². The number of nitrogens with one attached hydrogen (secondary N) is 1. The molecule has 0 spiro atoms. The van der Waals surface area contributed by atoms with Crippen LogP contribution in [-0.4, -0.2) is 45.3 Å². The molecule has 1 aliphatic carbocycles. The second-order valence-electron chi connectivity index (χ2n) is 4.25. The summed E-state index contributed by atoms with van der Waals surface area (Å²) in [5.74, 6) is -0.126. The van der Waals surface area contributed by atoms with Crippen LogP contribution in [0.5, 0.6) is 0 Å². The van der Waals surface area contributed by atoms with Crippen LogP contribution in [0.1, 0.15) is 42.1 Å². The molecule has 1 N–H and O–H groups in total. The Kier molecular flexibility index (Phi) is 3.27. The number of hydrogen-bond donors (Lipinski definition) is 1. The van der Waals surface area contributed by atoms with Gasteiger partial charge in [-0.1, -0.05) is 0 Å². The lowest BCUT2D eigenvalue weighted by atomic mass is 10.4. The summed E-state index contributed by atoms with van der Waals surface area (Å²) >= 11 is 0. The molecule has 1 heterocycles. The van der Waals surface area contributed by atoms with E-state index in [2.05, 4.69) is 15.2 Å². The summed E-state index contributed by atoms with van der Waals surface area (Å²) in [5.41, 5.74) is 0. The van der Waals surface area contributed by atoms with Crippen molar-refractivity contribution in [1.29, 1.82) is 0 Å². The number of hydrogen-bond acceptors (Lipinski definition) is 3. The van der Waals surface area contributed by atoms with Gasteiger partial charge in [0.2, 0.25) is 5.82 Å². The molecule has 8 heteroatoms. The zero-order valence-corrected chi connectivity index (χ0v) is 9.79. The van der Waals surface area contributed by atoms with E-state index in [1.165, 1.54) is 6.92 Å². The molecule has 1 aliphatic rings. The Hall–Kier alpha value is -1.60. The molecule has 1 amide bonds. The number of rotatable bonds is 4. The molecule has 0 bridgehead atoms. The number of nitrogens with zero attached hydrogens (tertiary/aromatic N) is 3. The third-order valence-electron chi connectivity index (χ3n) is 2.70. The Balaban J connectivity index is 2.07. The summed E-state index contributed by atoms with van der Waals surface area (Å²) in [6.45, 7) is 0.166. The SMILES string of the molecule is CCN(CC(F)(F)F)C(=O)c1n[nH]c(C2CC2)n1. The Labute approximate surface area is 101 Å². The summed E-state index contributed by atoms with van der Waals surface area (Å²) in [5, 5.41) is 6.28. The van der Waals surface area contributed by atoms with Gasteiger partial charge in [0.1, 0.15) is 12.4 Å². The van der Waals surface area contributed by atoms with E-state index in [4.69, 9.17) is 0 Å². The maximum atomic E-state index is 12.3. The fourth-order valence-corrected chi connectivity index (χ4v) is 1.59. The van der Waals surface area contributed by atoms with Crippen molar-refractivity contribution in [3.63, 3.8) is 0 Å². The Morgan fingerprint density at radius 2 is 2.17 bits per heavy atom. The third kappa shape index (κ3) is 2.99. The van der Waals surface area contributed by atoms with Crippen molar-refractivity contribution in [1.82, 2.24) is 20.1 Å². The molecule has 18 heavy (non-hydrogen) atoms. The van der Waals surface area contributed by atoms with E-state index >= 15 is 0 Å². The molecular weight excluding hydrogens is 249 g/mol. The van der Waals surface area contributed by atoms with Gasteiger partial charge in [-0.05, 0) is 19.8 Å². The molecule has 100 valence electrons. The highest BCUT2D eigenvalue weighted by Gasteiger charge is 2.34. The largest absolute Gasteiger partial charge is 0.406 e. The fraction of sp³-hybridized carbons (Fsp3) is 0.700. The summed E-state index contributed by atoms with van der Waals surface area (Å²) in [7, 11) is 0. The molecule has 0 aromatic carbocycles. The maximum Gasteiger partial charge on any atom is 0.406 e. The summed E-state index contributed by atoms with van der Waals surface area (Å²) in [4.78, 5) is 16.4. The number of aromatic amines is 1. The number of halogens is 3. The third-order valence-corrected chi connectivity index (χ3v) is 2.70. The number of H-pyrrole nitrogens is 1. The van der Waals surface area contributed by atoms with Crippen LogP contribution in [0, 0.1) is 0 Å². The molecule has 5 nitrogen and oxygen atoms in total. The van der Waals surface area contributed by atoms with Crippen LogP contribution >= 0.6 is 0 Å². The quantitative estimate of drug-likeness (QED) is 0.898. The minimum Gasteiger partial charge on any atom is -0.327 e. The first-order chi connectivity index (χ1) is 8.40. The van der Waals surface area contributed by atoms with Gasteiger partial charge in [-0.25, -0.2) is 4.98 Å². The maximum absolute atomic E-state index is 12.3. The summed E-state index contributed by atoms with van der Waals surface area (Å²) in [6.07, 6.45) is -2.47. The van der Waals surface area contributed by atoms with Crippen LogP contribution in [0.25, 0.3) is 0 Å². The van der Waals surface area contributed by atoms with Crippen molar-refractivity contribution in [3.8, 4) is 0 Å². The molecule has 1 saturated carbocycles. The zero-order valence-electron chi connectivity index (χ0n) is 9.79. The smallest absolute Gasteiger partial charge is 0.327 e. The van der Waals surface area contributed by atoms with Crippen LogP contribution in [-0.2, 0) is 0 Å². The fourth-order valence-electron chi connectivity index (χ4n) is 1.59. The summed E-state index contributed by atoms with van der Waals surface area (Å²) < 4.78 is 36.8. The highest BCUT2D eigenvalue weighted by molar-refractivity contribution is 5.90. The van der Waals surface area contributed by atoms with E-state index in [1.807, 2.05) is 0 Å². The average Bonchev–Trinajstić information content (AvgIpc) is 3.02. The van der Waals surface area contributed by atoms with E-state index in [9.17, 15) is 18.0 Å². The van der Waals surface area contributed by atoms with Crippen LogP contribution in [0.3, 0.4) is 0 Å². The number of alkyl halides is 3. The predicted octanol–water partition coefficient (Wildman–Crippen LogP) is 1.71. The van der Waals surface area contributed by atoms with Crippen molar-refractivity contribution in [3.05, 3.63) is 11.6 Å². The number of carbonyl (C=O) groups is 1. The average molecular weight is 262 g/mol. The Morgan fingerprint density at radius 3 is 2.67 bits per heavy atom. The highest BCUT2D eigenvalue weighted by atomic mass is 19.4. The lowest BCUT2D eigenvalue weighted by molar-refractivity contribution is -0.140. The molecule has 1 aromatic rings. The summed E-state index contributed by atoms with van der Waals surface area (Å²) in [6, 6.07) is 0. The number of carbonyl (C=O) groups excluding carboxylic acids is 1. The Morgan fingerprint density at radius 1 is 1.50 bits per heavy atom. The monoisotopic (exact) mass is 262 g/mol. The van der Waals surface area contributed by atoms with E-state index < -0.39 is 18.6 Å². The van der Waals surface area contributed by atoms with E-state index in [1.54, 1.807) is 0 Å². The topological polar surface area (TPSA) is 61.9 Å². The van der Waals surface area contributed by atoms with Crippen LogP contribution in [0.15, 0.2) is 0 Å². The van der Waals surface area contributed by atoms with Gasteiger partial charge in [-0.2, -0.15) is 13.2 Å². The zero-order chi connectivity index (χ0) is 13.3. The van der Waals surface area contributed by atoms with Gasteiger partial charge in [-0.15, -0.1) is 5.10 Å². The molecule has 0 aliphatic heterocycles. The standard InChI is InChI=1S/C10H13F3N4O/c1-2-17(5-10(11,12)13)9(18)8-14-7(15-16-8)6-3-4-6/h6H,2-5H2,1H3,(H,14,15,16). The molecule has 0 unspecified atom stereocenters. The lowest BCUT2D eigenvalue weighted by Crippen LogP contribution is -2.39. The van der Waals surface area contributed by atoms with Crippen molar-refractivity contribution >= 4 is 5.91 Å². The minimum absolute atomic E-state index is 0.0361. The first kappa shape index (κ1) is 12.8. The van der Waals surface area contributed by atoms with Gasteiger partial charge >= 0.3 is 6.18 Å². The van der Waals surface area contributed by atoms with Crippen LogP contribution < -0.4 is 0 Å². The van der Waals surface area contributed by atoms with Gasteiger partial charge in [0, 0.05) is 12.5 Å². The number of amides is 1. The molecule has 0 atom stereocenters. The van der Waals surface area contributed by atoms with Gasteiger partial charge in [-0.3, -0.25) is 9.89 Å². The molecule has 1 fully saturated rings. The minimum atomic E-state index is -4.42. The molecular formula is C10H13F3N4O. The number of aromatic nitrogens is 3. The second kappa shape index (κ2) is 4.58. The van der Waals surface area contributed by atoms with E-state index in [-0.39, 0.29) is 18.3 Å². The van der Waals surface area contributed by atoms with Crippen molar-refractivity contribution < 1.29 is 18.0 Å². The van der Waals surface area contributed by atoms with Crippen LogP contribution in [0.4, 0.5) is 13.2 Å². The second-order valence-corrected chi connectivity index (χ2v) is 4.25. The van der Waals surface area contributed by atoms with Gasteiger partial charge in [0.15, 0.2) is 0 Å². The van der Waals surface area contributed by atoms with Crippen molar-refractivity contribution in [2.45, 2.75) is 31.9 Å².